The number of carboxylic acids is 2. The van der Waals surface area contributed by atoms with Crippen molar-refractivity contribution in [2.24, 2.45) is 11.8 Å². The molecule has 4 heteroatoms. The second-order valence-electron chi connectivity index (χ2n) is 12.5. The van der Waals surface area contributed by atoms with Gasteiger partial charge in [0.25, 0.3) is 0 Å². The van der Waals surface area contributed by atoms with Crippen LogP contribution in [0.5, 0.6) is 0 Å². The maximum Gasteiger partial charge on any atom is 0.303 e. The quantitative estimate of drug-likeness (QED) is 0.0629. The smallest absolute Gasteiger partial charge is 0.303 e. The number of carbonyl (C=O) groups is 2. The number of rotatable bonds is 32. The summed E-state index contributed by atoms with van der Waals surface area (Å²) in [5.41, 5.74) is 0. The van der Waals surface area contributed by atoms with Gasteiger partial charge in [-0.2, -0.15) is 0 Å². The molecule has 0 rings (SSSR count). The van der Waals surface area contributed by atoms with Gasteiger partial charge < -0.3 is 10.2 Å². The van der Waals surface area contributed by atoms with Crippen LogP contribution in [0.1, 0.15) is 194 Å². The molecule has 0 heterocycles. The van der Waals surface area contributed by atoms with Crippen LogP contribution in [0.25, 0.3) is 0 Å². The molecule has 0 aliphatic rings. The molecule has 0 amide bonds. The van der Waals surface area contributed by atoms with Gasteiger partial charge in [-0.15, -0.1) is 0 Å². The summed E-state index contributed by atoms with van der Waals surface area (Å²) >= 11 is 0. The zero-order valence-electron chi connectivity index (χ0n) is 26.8. The molecular formula is C36H68O4. The predicted molar refractivity (Wildman–Crippen MR) is 172 cm³/mol. The van der Waals surface area contributed by atoms with Crippen molar-refractivity contribution in [2.45, 2.75) is 194 Å². The highest BCUT2D eigenvalue weighted by molar-refractivity contribution is 5.66. The van der Waals surface area contributed by atoms with Crippen molar-refractivity contribution in [1.29, 1.82) is 0 Å². The van der Waals surface area contributed by atoms with E-state index in [1.54, 1.807) is 0 Å². The van der Waals surface area contributed by atoms with E-state index in [0.29, 0.717) is 24.7 Å². The lowest BCUT2D eigenvalue weighted by atomic mass is 9.92. The van der Waals surface area contributed by atoms with E-state index >= 15 is 0 Å². The fourth-order valence-electron chi connectivity index (χ4n) is 6.09. The minimum atomic E-state index is -0.647. The fourth-order valence-corrected chi connectivity index (χ4v) is 6.09. The number of allylic oxidation sites excluding steroid dienone is 2. The first kappa shape index (κ1) is 38.7. The third kappa shape index (κ3) is 29.7. The molecule has 4 nitrogen and oxygen atoms in total. The Morgan fingerprint density at radius 1 is 0.450 bits per heavy atom. The van der Waals surface area contributed by atoms with Gasteiger partial charge in [0.2, 0.25) is 0 Å². The second kappa shape index (κ2) is 30.6. The van der Waals surface area contributed by atoms with E-state index in [1.165, 1.54) is 154 Å². The van der Waals surface area contributed by atoms with Crippen molar-refractivity contribution in [3.63, 3.8) is 0 Å². The predicted octanol–water partition coefficient (Wildman–Crippen LogP) is 11.9. The van der Waals surface area contributed by atoms with Crippen LogP contribution in [0.15, 0.2) is 12.2 Å². The number of unbranched alkanes of at least 4 members (excludes halogenated alkanes) is 16. The van der Waals surface area contributed by atoms with Crippen molar-refractivity contribution in [3.8, 4) is 0 Å². The average Bonchev–Trinajstić information content (AvgIpc) is 2.92. The summed E-state index contributed by atoms with van der Waals surface area (Å²) < 4.78 is 0. The van der Waals surface area contributed by atoms with E-state index in [-0.39, 0.29) is 0 Å². The first-order chi connectivity index (χ1) is 19.5. The third-order valence-electron chi connectivity index (χ3n) is 8.56. The Morgan fingerprint density at radius 3 is 1.05 bits per heavy atom. The molecular weight excluding hydrogens is 496 g/mol. The molecule has 2 unspecified atom stereocenters. The van der Waals surface area contributed by atoms with Gasteiger partial charge in [0.05, 0.1) is 0 Å². The zero-order valence-corrected chi connectivity index (χ0v) is 26.8. The van der Waals surface area contributed by atoms with E-state index in [2.05, 4.69) is 26.0 Å². The summed E-state index contributed by atoms with van der Waals surface area (Å²) in [6.45, 7) is 4.41. The van der Waals surface area contributed by atoms with Gasteiger partial charge in [-0.05, 0) is 50.4 Å². The Hall–Kier alpha value is -1.32. The largest absolute Gasteiger partial charge is 0.481 e. The fraction of sp³-hybridized carbons (Fsp3) is 0.889. The van der Waals surface area contributed by atoms with Gasteiger partial charge in [-0.25, -0.2) is 0 Å². The van der Waals surface area contributed by atoms with E-state index < -0.39 is 11.9 Å². The molecule has 0 radical (unpaired) electrons. The average molecular weight is 565 g/mol. The first-order valence-electron chi connectivity index (χ1n) is 17.6. The first-order valence-corrected chi connectivity index (χ1v) is 17.6. The summed E-state index contributed by atoms with van der Waals surface area (Å²) in [7, 11) is 0. The van der Waals surface area contributed by atoms with E-state index in [4.69, 9.17) is 10.2 Å². The second-order valence-corrected chi connectivity index (χ2v) is 12.5. The molecule has 0 aliphatic heterocycles. The summed E-state index contributed by atoms with van der Waals surface area (Å²) in [4.78, 5) is 21.6. The van der Waals surface area contributed by atoms with E-state index in [1.807, 2.05) is 0 Å². The Labute approximate surface area is 249 Å². The molecule has 0 spiro atoms. The Balaban J connectivity index is 3.39. The third-order valence-corrected chi connectivity index (χ3v) is 8.56. The van der Waals surface area contributed by atoms with Crippen LogP contribution in [-0.2, 0) is 9.59 Å². The molecule has 40 heavy (non-hydrogen) atoms. The molecule has 0 aromatic heterocycles. The molecule has 2 atom stereocenters. The van der Waals surface area contributed by atoms with Gasteiger partial charge in [0, 0.05) is 12.8 Å². The zero-order chi connectivity index (χ0) is 29.5. The number of aliphatic carboxylic acids is 2. The summed E-state index contributed by atoms with van der Waals surface area (Å²) in [5, 5.41) is 17.8. The van der Waals surface area contributed by atoms with Gasteiger partial charge in [-0.3, -0.25) is 9.59 Å². The summed E-state index contributed by atoms with van der Waals surface area (Å²) in [6, 6.07) is 0. The minimum Gasteiger partial charge on any atom is -0.481 e. The maximum absolute atomic E-state index is 10.8. The van der Waals surface area contributed by atoms with Crippen molar-refractivity contribution < 1.29 is 19.8 Å². The maximum atomic E-state index is 10.8. The van der Waals surface area contributed by atoms with E-state index in [9.17, 15) is 9.59 Å². The Morgan fingerprint density at radius 2 is 0.750 bits per heavy atom. The van der Waals surface area contributed by atoms with Gasteiger partial charge in [0.15, 0.2) is 0 Å². The van der Waals surface area contributed by atoms with Crippen molar-refractivity contribution in [1.82, 2.24) is 0 Å². The van der Waals surface area contributed by atoms with Gasteiger partial charge >= 0.3 is 11.9 Å². The van der Waals surface area contributed by atoms with Gasteiger partial charge in [0.1, 0.15) is 0 Å². The molecule has 2 N–H and O–H groups in total. The minimum absolute atomic E-state index is 0.335. The number of carboxylic acid groups (broad SMARTS) is 2. The molecule has 236 valence electrons. The van der Waals surface area contributed by atoms with E-state index in [0.717, 1.165) is 12.8 Å². The topological polar surface area (TPSA) is 74.6 Å². The van der Waals surface area contributed by atoms with Crippen molar-refractivity contribution in [2.75, 3.05) is 0 Å². The summed E-state index contributed by atoms with van der Waals surface area (Å²) in [6.07, 6.45) is 38.2. The molecule has 0 saturated heterocycles. The molecule has 0 bridgehead atoms. The lowest BCUT2D eigenvalue weighted by Gasteiger charge is -2.14. The van der Waals surface area contributed by atoms with Crippen LogP contribution in [0.4, 0.5) is 0 Å². The number of hydrogen-bond acceptors (Lipinski definition) is 2. The van der Waals surface area contributed by atoms with Crippen LogP contribution in [-0.4, -0.2) is 22.2 Å². The highest BCUT2D eigenvalue weighted by atomic mass is 16.4. The van der Waals surface area contributed by atoms with Crippen molar-refractivity contribution in [3.05, 3.63) is 12.2 Å². The lowest BCUT2D eigenvalue weighted by molar-refractivity contribution is -0.138. The highest BCUT2D eigenvalue weighted by Gasteiger charge is 2.11. The van der Waals surface area contributed by atoms with Crippen molar-refractivity contribution >= 4 is 11.9 Å². The standard InChI is InChI=1S/C36H68O4/c1-3-25-33(29-31-35(37)38)27-23-21-19-17-15-13-11-9-7-5-6-8-10-12-14-16-18-20-22-24-28-34(26-4-2)30-32-36(39)40/h5-6,33-34H,3-4,7-32H2,1-2H3,(H,37,38)(H,39,40). The monoisotopic (exact) mass is 565 g/mol. The molecule has 0 aliphatic carbocycles. The molecule has 0 aromatic carbocycles. The molecule has 0 fully saturated rings. The van der Waals surface area contributed by atoms with Gasteiger partial charge in [-0.1, -0.05) is 154 Å². The lowest BCUT2D eigenvalue weighted by Crippen LogP contribution is -2.04. The van der Waals surface area contributed by atoms with Crippen LogP contribution in [0, 0.1) is 11.8 Å². The SMILES string of the molecule is CCCC(CCCCCCCCCCC=CCCCCCCCCCCC(CCC)CCC(=O)O)CCC(=O)O. The van der Waals surface area contributed by atoms with Crippen LogP contribution < -0.4 is 0 Å². The van der Waals surface area contributed by atoms with Crippen LogP contribution >= 0.6 is 0 Å². The normalized spacial score (nSPS) is 13.2. The van der Waals surface area contributed by atoms with Crippen LogP contribution in [0.2, 0.25) is 0 Å². The molecule has 0 saturated carbocycles. The number of hydrogen-bond donors (Lipinski definition) is 2. The highest BCUT2D eigenvalue weighted by Crippen LogP contribution is 2.23. The summed E-state index contributed by atoms with van der Waals surface area (Å²) in [5.74, 6) is -0.0650. The Bertz CT molecular complexity index is 535. The Kier molecular flexibility index (Phi) is 29.6. The molecule has 0 aromatic rings. The van der Waals surface area contributed by atoms with Crippen LogP contribution in [0.3, 0.4) is 0 Å².